The Morgan fingerprint density at radius 2 is 1.92 bits per heavy atom. The second kappa shape index (κ2) is 9.11. The number of nitrogens with zero attached hydrogens (tertiary/aromatic N) is 2. The van der Waals surface area contributed by atoms with E-state index in [0.29, 0.717) is 35.0 Å². The minimum absolute atomic E-state index is 0.135. The lowest BCUT2D eigenvalue weighted by molar-refractivity contribution is 0.472. The third-order valence-electron chi connectivity index (χ3n) is 3.86. The number of aromatic nitrogens is 1. The normalized spacial score (nSPS) is 13.0. The number of aliphatic imine (C=N–C) groups is 1. The molecular weight excluding hydrogens is 359 g/mol. The summed E-state index contributed by atoms with van der Waals surface area (Å²) in [7, 11) is 0. The van der Waals surface area contributed by atoms with E-state index >= 15 is 0 Å². The van der Waals surface area contributed by atoms with Crippen LogP contribution >= 0.6 is 23.2 Å². The predicted octanol–water partition coefficient (Wildman–Crippen LogP) is 4.46. The molecule has 7 heteroatoms. The highest BCUT2D eigenvalue weighted by atomic mass is 35.5. The Morgan fingerprint density at radius 1 is 1.24 bits per heavy atom. The van der Waals surface area contributed by atoms with Gasteiger partial charge < -0.3 is 15.1 Å². The number of rotatable bonds is 6. The first-order valence-corrected chi connectivity index (χ1v) is 9.07. The molecule has 0 fully saturated rings. The lowest BCUT2D eigenvalue weighted by atomic mass is 10.0. The van der Waals surface area contributed by atoms with Crippen molar-refractivity contribution in [2.75, 3.05) is 13.1 Å². The zero-order valence-corrected chi connectivity index (χ0v) is 16.5. The fourth-order valence-corrected chi connectivity index (χ4v) is 3.20. The summed E-state index contributed by atoms with van der Waals surface area (Å²) in [6, 6.07) is 5.55. The van der Waals surface area contributed by atoms with Gasteiger partial charge in [-0.25, -0.2) is 9.98 Å². The van der Waals surface area contributed by atoms with Gasteiger partial charge in [0, 0.05) is 29.1 Å². The topological polar surface area (TPSA) is 62.5 Å². The summed E-state index contributed by atoms with van der Waals surface area (Å²) in [4.78, 5) is 8.86. The maximum atomic E-state index is 6.28. The molecule has 0 amide bonds. The molecule has 0 aliphatic carbocycles. The van der Waals surface area contributed by atoms with Crippen molar-refractivity contribution in [3.8, 4) is 0 Å². The van der Waals surface area contributed by atoms with Crippen LogP contribution in [0.1, 0.15) is 42.7 Å². The lowest BCUT2D eigenvalue weighted by Gasteiger charge is -2.18. The lowest BCUT2D eigenvalue weighted by Crippen LogP contribution is -2.39. The van der Waals surface area contributed by atoms with Crippen molar-refractivity contribution < 1.29 is 4.42 Å². The first-order chi connectivity index (χ1) is 11.9. The SMILES string of the molecule is CCNC(=NCc1nc(C)c(C)o1)NCC(C)c1c(Cl)cccc1Cl. The number of hydrogen-bond donors (Lipinski definition) is 2. The van der Waals surface area contributed by atoms with E-state index in [9.17, 15) is 0 Å². The van der Waals surface area contributed by atoms with Crippen molar-refractivity contribution >= 4 is 29.2 Å². The van der Waals surface area contributed by atoms with Crippen LogP contribution < -0.4 is 10.6 Å². The number of halogens is 2. The van der Waals surface area contributed by atoms with E-state index in [0.717, 1.165) is 23.6 Å². The quantitative estimate of drug-likeness (QED) is 0.571. The Morgan fingerprint density at radius 3 is 2.48 bits per heavy atom. The summed E-state index contributed by atoms with van der Waals surface area (Å²) in [6.45, 7) is 9.70. The standard InChI is InChI=1S/C18H24Cl2N4O/c1-5-21-18(23-10-16-24-12(3)13(4)25-16)22-9-11(2)17-14(19)7-6-8-15(17)20/h6-8,11H,5,9-10H2,1-4H3,(H2,21,22,23). The van der Waals surface area contributed by atoms with Crippen LogP contribution in [0, 0.1) is 13.8 Å². The molecule has 1 aromatic carbocycles. The van der Waals surface area contributed by atoms with E-state index in [1.165, 1.54) is 0 Å². The molecule has 25 heavy (non-hydrogen) atoms. The largest absolute Gasteiger partial charge is 0.444 e. The fourth-order valence-electron chi connectivity index (χ4n) is 2.43. The van der Waals surface area contributed by atoms with Gasteiger partial charge in [0.05, 0.1) is 5.69 Å². The Bertz CT molecular complexity index is 703. The molecule has 1 aromatic heterocycles. The van der Waals surface area contributed by atoms with Gasteiger partial charge in [-0.15, -0.1) is 0 Å². The van der Waals surface area contributed by atoms with E-state index in [2.05, 4.69) is 27.5 Å². The van der Waals surface area contributed by atoms with Gasteiger partial charge in [-0.2, -0.15) is 0 Å². The molecule has 1 unspecified atom stereocenters. The zero-order chi connectivity index (χ0) is 18.4. The van der Waals surface area contributed by atoms with Gasteiger partial charge >= 0.3 is 0 Å². The molecule has 2 aromatic rings. The van der Waals surface area contributed by atoms with E-state index in [4.69, 9.17) is 27.6 Å². The third-order valence-corrected chi connectivity index (χ3v) is 4.52. The van der Waals surface area contributed by atoms with Gasteiger partial charge in [0.1, 0.15) is 12.3 Å². The van der Waals surface area contributed by atoms with Crippen molar-refractivity contribution in [2.45, 2.75) is 40.2 Å². The van der Waals surface area contributed by atoms with Gasteiger partial charge in [-0.1, -0.05) is 36.2 Å². The van der Waals surface area contributed by atoms with Crippen molar-refractivity contribution in [1.29, 1.82) is 0 Å². The molecule has 2 N–H and O–H groups in total. The predicted molar refractivity (Wildman–Crippen MR) is 104 cm³/mol. The van der Waals surface area contributed by atoms with E-state index < -0.39 is 0 Å². The summed E-state index contributed by atoms with van der Waals surface area (Å²) in [6.07, 6.45) is 0. The van der Waals surface area contributed by atoms with E-state index in [1.54, 1.807) is 0 Å². The molecule has 0 saturated carbocycles. The van der Waals surface area contributed by atoms with Crippen LogP contribution in [0.2, 0.25) is 10.0 Å². The van der Waals surface area contributed by atoms with Crippen LogP contribution in [-0.2, 0) is 6.54 Å². The van der Waals surface area contributed by atoms with Crippen LogP contribution in [0.3, 0.4) is 0 Å². The number of guanidine groups is 1. The number of nitrogens with one attached hydrogen (secondary N) is 2. The van der Waals surface area contributed by atoms with Gasteiger partial charge in [-0.3, -0.25) is 0 Å². The fraction of sp³-hybridized carbons (Fsp3) is 0.444. The Balaban J connectivity index is 2.02. The van der Waals surface area contributed by atoms with E-state index in [-0.39, 0.29) is 5.92 Å². The average molecular weight is 383 g/mol. The first kappa shape index (κ1) is 19.6. The van der Waals surface area contributed by atoms with Gasteiger partial charge in [0.2, 0.25) is 5.89 Å². The van der Waals surface area contributed by atoms with Gasteiger partial charge in [0.25, 0.3) is 0 Å². The van der Waals surface area contributed by atoms with Crippen LogP contribution in [-0.4, -0.2) is 24.0 Å². The highest BCUT2D eigenvalue weighted by molar-refractivity contribution is 6.36. The molecule has 5 nitrogen and oxygen atoms in total. The van der Waals surface area contributed by atoms with Crippen molar-refractivity contribution in [3.63, 3.8) is 0 Å². The van der Waals surface area contributed by atoms with Crippen molar-refractivity contribution in [1.82, 2.24) is 15.6 Å². The summed E-state index contributed by atoms with van der Waals surface area (Å²) < 4.78 is 5.56. The molecular formula is C18H24Cl2N4O. The molecule has 0 saturated heterocycles. The number of benzene rings is 1. The minimum atomic E-state index is 0.135. The average Bonchev–Trinajstić information content (AvgIpc) is 2.88. The maximum Gasteiger partial charge on any atom is 0.216 e. The smallest absolute Gasteiger partial charge is 0.216 e. The van der Waals surface area contributed by atoms with Crippen LogP contribution in [0.15, 0.2) is 27.6 Å². The molecule has 2 rings (SSSR count). The number of oxazole rings is 1. The Labute approximate surface area is 158 Å². The Kier molecular flexibility index (Phi) is 7.14. The van der Waals surface area contributed by atoms with Gasteiger partial charge in [-0.05, 0) is 38.5 Å². The Hall–Kier alpha value is -1.72. The minimum Gasteiger partial charge on any atom is -0.444 e. The van der Waals surface area contributed by atoms with E-state index in [1.807, 2.05) is 39.0 Å². The van der Waals surface area contributed by atoms with Crippen LogP contribution in [0.4, 0.5) is 0 Å². The summed E-state index contributed by atoms with van der Waals surface area (Å²) in [5, 5.41) is 7.88. The monoisotopic (exact) mass is 382 g/mol. The number of hydrogen-bond acceptors (Lipinski definition) is 3. The summed E-state index contributed by atoms with van der Waals surface area (Å²) >= 11 is 12.6. The molecule has 0 radical (unpaired) electrons. The first-order valence-electron chi connectivity index (χ1n) is 8.31. The third kappa shape index (κ3) is 5.38. The maximum absolute atomic E-state index is 6.28. The highest BCUT2D eigenvalue weighted by Gasteiger charge is 2.14. The summed E-state index contributed by atoms with van der Waals surface area (Å²) in [5.41, 5.74) is 1.83. The molecule has 0 spiro atoms. The molecule has 0 bridgehead atoms. The molecule has 0 aliphatic rings. The molecule has 0 aliphatic heterocycles. The van der Waals surface area contributed by atoms with Crippen molar-refractivity contribution in [3.05, 3.63) is 51.2 Å². The summed E-state index contributed by atoms with van der Waals surface area (Å²) in [5.74, 6) is 2.27. The highest BCUT2D eigenvalue weighted by Crippen LogP contribution is 2.30. The van der Waals surface area contributed by atoms with Crippen LogP contribution in [0.25, 0.3) is 0 Å². The van der Waals surface area contributed by atoms with Crippen LogP contribution in [0.5, 0.6) is 0 Å². The second-order valence-electron chi connectivity index (χ2n) is 5.86. The zero-order valence-electron chi connectivity index (χ0n) is 15.0. The second-order valence-corrected chi connectivity index (χ2v) is 6.68. The number of aryl methyl sites for hydroxylation is 2. The van der Waals surface area contributed by atoms with Gasteiger partial charge in [0.15, 0.2) is 5.96 Å². The molecule has 1 heterocycles. The molecule has 1 atom stereocenters. The van der Waals surface area contributed by atoms with Crippen molar-refractivity contribution in [2.24, 2.45) is 4.99 Å². The molecule has 136 valence electrons.